The van der Waals surface area contributed by atoms with E-state index in [0.717, 1.165) is 93.6 Å². The molecule has 0 atom stereocenters. The molecule has 0 amide bonds. The first-order valence-corrected chi connectivity index (χ1v) is 18.0. The number of rotatable bonds is 5. The largest absolute Gasteiger partial charge is 0.456 e. The molecule has 0 N–H and O–H groups in total. The second-order valence-electron chi connectivity index (χ2n) is 13.6. The summed E-state index contributed by atoms with van der Waals surface area (Å²) >= 11 is 0. The summed E-state index contributed by atoms with van der Waals surface area (Å²) in [6.45, 7) is 0. The summed E-state index contributed by atoms with van der Waals surface area (Å²) in [5, 5.41) is 6.47. The van der Waals surface area contributed by atoms with E-state index in [0.29, 0.717) is 17.5 Å². The molecule has 0 unspecified atom stereocenters. The summed E-state index contributed by atoms with van der Waals surface area (Å²) in [5.41, 5.74) is 10.6. The predicted octanol–water partition coefficient (Wildman–Crippen LogP) is 13.2. The van der Waals surface area contributed by atoms with Crippen LogP contribution >= 0.6 is 0 Å². The number of aromatic nitrogens is 3. The maximum absolute atomic E-state index is 6.55. The summed E-state index contributed by atoms with van der Waals surface area (Å²) < 4.78 is 12.8. The van der Waals surface area contributed by atoms with Gasteiger partial charge in [-0.15, -0.1) is 0 Å². The first-order valence-electron chi connectivity index (χ1n) is 18.0. The van der Waals surface area contributed by atoms with Crippen LogP contribution in [-0.2, 0) is 0 Å². The molecule has 3 aromatic heterocycles. The molecule has 0 saturated heterocycles. The van der Waals surface area contributed by atoms with Gasteiger partial charge in [0.2, 0.25) is 0 Å². The van der Waals surface area contributed by atoms with Gasteiger partial charge >= 0.3 is 0 Å². The molecule has 0 bridgehead atoms. The topological polar surface area (TPSA) is 65.0 Å². The predicted molar refractivity (Wildman–Crippen MR) is 219 cm³/mol. The number of nitrogens with zero attached hydrogens (tertiary/aromatic N) is 3. The van der Waals surface area contributed by atoms with Crippen LogP contribution in [0.5, 0.6) is 0 Å². The van der Waals surface area contributed by atoms with Crippen molar-refractivity contribution >= 4 is 54.6 Å². The molecule has 0 spiro atoms. The van der Waals surface area contributed by atoms with Crippen molar-refractivity contribution in [3.05, 3.63) is 176 Å². The number of hydrogen-bond acceptors (Lipinski definition) is 5. The van der Waals surface area contributed by atoms with Crippen LogP contribution in [-0.4, -0.2) is 15.0 Å². The molecule has 11 aromatic rings. The summed E-state index contributed by atoms with van der Waals surface area (Å²) in [6.07, 6.45) is 0. The highest BCUT2D eigenvalue weighted by Gasteiger charge is 2.19. The average molecular weight is 692 g/mol. The minimum absolute atomic E-state index is 0.599. The van der Waals surface area contributed by atoms with Gasteiger partial charge in [-0.1, -0.05) is 146 Å². The minimum Gasteiger partial charge on any atom is -0.456 e. The highest BCUT2D eigenvalue weighted by molar-refractivity contribution is 6.16. The van der Waals surface area contributed by atoms with Crippen molar-refractivity contribution in [1.82, 2.24) is 15.0 Å². The van der Waals surface area contributed by atoms with E-state index in [2.05, 4.69) is 109 Å². The summed E-state index contributed by atoms with van der Waals surface area (Å²) in [7, 11) is 0. The van der Waals surface area contributed by atoms with Gasteiger partial charge in [-0.2, -0.15) is 0 Å². The van der Waals surface area contributed by atoms with Crippen molar-refractivity contribution in [2.45, 2.75) is 0 Å². The van der Waals surface area contributed by atoms with Crippen molar-refractivity contribution in [1.29, 1.82) is 0 Å². The SMILES string of the molecule is c1ccc(-c2nc(-c3ccc4cc(-c5cccc6oc7c(-c8ccccc8)cccc7c56)ccc4c3)nc(-c3cccc4oc5ccccc5c34)n2)cc1. The third-order valence-corrected chi connectivity index (χ3v) is 10.3. The molecule has 8 aromatic carbocycles. The zero-order chi connectivity index (χ0) is 35.6. The van der Waals surface area contributed by atoms with Gasteiger partial charge in [0, 0.05) is 43.8 Å². The van der Waals surface area contributed by atoms with Gasteiger partial charge in [-0.25, -0.2) is 15.0 Å². The maximum atomic E-state index is 6.55. The summed E-state index contributed by atoms with van der Waals surface area (Å²) in [6, 6.07) is 60.4. The van der Waals surface area contributed by atoms with Gasteiger partial charge in [0.1, 0.15) is 22.3 Å². The number of furan rings is 2. The first kappa shape index (κ1) is 30.3. The Hall–Kier alpha value is -7.37. The average Bonchev–Trinajstić information content (AvgIpc) is 3.83. The number of hydrogen-bond donors (Lipinski definition) is 0. The lowest BCUT2D eigenvalue weighted by molar-refractivity contribution is 0.669. The minimum atomic E-state index is 0.599. The molecule has 0 saturated carbocycles. The molecule has 0 aliphatic heterocycles. The standard InChI is InChI=1S/C49H29N3O2/c1-3-12-30(13-4-1)37-18-9-19-39-44-36(17-10-23-43(44)54-46(37)39)34-26-24-33-29-35(27-25-32(33)28-34)48-50-47(31-14-5-2-6-15-31)51-49(52-48)40-20-11-22-42-45(40)38-16-7-8-21-41(38)53-42/h1-29H. The third-order valence-electron chi connectivity index (χ3n) is 10.3. The van der Waals surface area contributed by atoms with E-state index < -0.39 is 0 Å². The number of fused-ring (bicyclic) bond motifs is 7. The fraction of sp³-hybridized carbons (Fsp3) is 0. The Bertz CT molecular complexity index is 3220. The zero-order valence-corrected chi connectivity index (χ0v) is 28.9. The second kappa shape index (κ2) is 12.1. The third kappa shape index (κ3) is 4.90. The molecule has 0 radical (unpaired) electrons. The molecule has 54 heavy (non-hydrogen) atoms. The molecule has 0 aliphatic carbocycles. The van der Waals surface area contributed by atoms with Crippen molar-refractivity contribution in [3.8, 4) is 56.4 Å². The second-order valence-corrected chi connectivity index (χ2v) is 13.6. The lowest BCUT2D eigenvalue weighted by atomic mass is 9.95. The maximum Gasteiger partial charge on any atom is 0.164 e. The molecule has 252 valence electrons. The van der Waals surface area contributed by atoms with Crippen LogP contribution < -0.4 is 0 Å². The van der Waals surface area contributed by atoms with Crippen molar-refractivity contribution in [2.24, 2.45) is 0 Å². The van der Waals surface area contributed by atoms with Crippen molar-refractivity contribution in [2.75, 3.05) is 0 Å². The van der Waals surface area contributed by atoms with Crippen LogP contribution in [0.1, 0.15) is 0 Å². The van der Waals surface area contributed by atoms with Crippen LogP contribution in [0.2, 0.25) is 0 Å². The highest BCUT2D eigenvalue weighted by atomic mass is 16.3. The normalized spacial score (nSPS) is 11.7. The van der Waals surface area contributed by atoms with Crippen LogP contribution in [0.25, 0.3) is 111 Å². The Morgan fingerprint density at radius 1 is 0.315 bits per heavy atom. The monoisotopic (exact) mass is 691 g/mol. The van der Waals surface area contributed by atoms with Crippen molar-refractivity contribution in [3.63, 3.8) is 0 Å². The number of benzene rings is 8. The van der Waals surface area contributed by atoms with E-state index in [1.807, 2.05) is 66.7 Å². The molecule has 0 aliphatic rings. The lowest BCUT2D eigenvalue weighted by Crippen LogP contribution is -2.00. The molecule has 11 rings (SSSR count). The highest BCUT2D eigenvalue weighted by Crippen LogP contribution is 2.41. The van der Waals surface area contributed by atoms with Gasteiger partial charge in [0.05, 0.1) is 0 Å². The molecule has 5 nitrogen and oxygen atoms in total. The lowest BCUT2D eigenvalue weighted by Gasteiger charge is -2.10. The summed E-state index contributed by atoms with van der Waals surface area (Å²) in [4.78, 5) is 15.2. The number of para-hydroxylation sites is 2. The summed E-state index contributed by atoms with van der Waals surface area (Å²) in [5.74, 6) is 1.83. The Labute approximate surface area is 309 Å². The van der Waals surface area contributed by atoms with E-state index >= 15 is 0 Å². The fourth-order valence-electron chi connectivity index (χ4n) is 7.79. The van der Waals surface area contributed by atoms with E-state index in [1.54, 1.807) is 0 Å². The molecule has 0 fully saturated rings. The quantitative estimate of drug-likeness (QED) is 0.180. The van der Waals surface area contributed by atoms with Gasteiger partial charge in [-0.05, 0) is 57.8 Å². The Morgan fingerprint density at radius 2 is 0.852 bits per heavy atom. The Morgan fingerprint density at radius 3 is 1.65 bits per heavy atom. The van der Waals surface area contributed by atoms with Gasteiger partial charge in [-0.3, -0.25) is 0 Å². The van der Waals surface area contributed by atoms with E-state index in [9.17, 15) is 0 Å². The van der Waals surface area contributed by atoms with Crippen LogP contribution in [0, 0.1) is 0 Å². The van der Waals surface area contributed by atoms with Crippen molar-refractivity contribution < 1.29 is 8.83 Å². The fourth-order valence-corrected chi connectivity index (χ4v) is 7.79. The zero-order valence-electron chi connectivity index (χ0n) is 28.9. The van der Waals surface area contributed by atoms with E-state index in [-0.39, 0.29) is 0 Å². The molecule has 5 heteroatoms. The smallest absolute Gasteiger partial charge is 0.164 e. The Balaban J connectivity index is 1.04. The molecular weight excluding hydrogens is 663 g/mol. The van der Waals surface area contributed by atoms with E-state index in [4.69, 9.17) is 23.8 Å². The van der Waals surface area contributed by atoms with Crippen LogP contribution in [0.15, 0.2) is 185 Å². The van der Waals surface area contributed by atoms with Crippen LogP contribution in [0.3, 0.4) is 0 Å². The first-order chi connectivity index (χ1) is 26.7. The van der Waals surface area contributed by atoms with Gasteiger partial charge < -0.3 is 8.83 Å². The van der Waals surface area contributed by atoms with Gasteiger partial charge in [0.25, 0.3) is 0 Å². The Kier molecular flexibility index (Phi) is 6.79. The van der Waals surface area contributed by atoms with Gasteiger partial charge in [0.15, 0.2) is 17.5 Å². The van der Waals surface area contributed by atoms with E-state index in [1.165, 1.54) is 0 Å². The molecular formula is C49H29N3O2. The molecule has 3 heterocycles. The van der Waals surface area contributed by atoms with Crippen LogP contribution in [0.4, 0.5) is 0 Å².